The fourth-order valence-corrected chi connectivity index (χ4v) is 2.01. The van der Waals surface area contributed by atoms with E-state index in [1.807, 2.05) is 0 Å². The first-order valence-electron chi connectivity index (χ1n) is 4.34. The van der Waals surface area contributed by atoms with E-state index in [0.29, 0.717) is 6.04 Å². The summed E-state index contributed by atoms with van der Waals surface area (Å²) in [7, 11) is 0. The van der Waals surface area contributed by atoms with Crippen LogP contribution < -0.4 is 11.1 Å². The first-order valence-corrected chi connectivity index (χ1v) is 4.34. The fourth-order valence-electron chi connectivity index (χ4n) is 2.01. The average molecular weight is 140 g/mol. The SMILES string of the molecule is N[C@@H]1CNCC[C@H]1C1CC1. The molecule has 0 amide bonds. The zero-order chi connectivity index (χ0) is 6.97. The van der Waals surface area contributed by atoms with Crippen molar-refractivity contribution < 1.29 is 0 Å². The molecule has 0 aromatic carbocycles. The van der Waals surface area contributed by atoms with E-state index in [2.05, 4.69) is 5.32 Å². The summed E-state index contributed by atoms with van der Waals surface area (Å²) in [6.07, 6.45) is 4.20. The average Bonchev–Trinajstić information content (AvgIpc) is 2.71. The van der Waals surface area contributed by atoms with E-state index in [-0.39, 0.29) is 0 Å². The van der Waals surface area contributed by atoms with Crippen LogP contribution in [-0.4, -0.2) is 19.1 Å². The van der Waals surface area contributed by atoms with Crippen molar-refractivity contribution in [1.82, 2.24) is 5.32 Å². The monoisotopic (exact) mass is 140 g/mol. The maximum atomic E-state index is 5.96. The summed E-state index contributed by atoms with van der Waals surface area (Å²) in [6.45, 7) is 2.23. The van der Waals surface area contributed by atoms with Gasteiger partial charge in [-0.05, 0) is 37.6 Å². The van der Waals surface area contributed by atoms with Gasteiger partial charge < -0.3 is 11.1 Å². The molecule has 3 N–H and O–H groups in total. The molecule has 2 nitrogen and oxygen atoms in total. The molecule has 58 valence electrons. The van der Waals surface area contributed by atoms with Crippen LogP contribution in [0.3, 0.4) is 0 Å². The summed E-state index contributed by atoms with van der Waals surface area (Å²) in [4.78, 5) is 0. The number of nitrogens with one attached hydrogen (secondary N) is 1. The van der Waals surface area contributed by atoms with Gasteiger partial charge in [-0.3, -0.25) is 0 Å². The molecule has 0 spiro atoms. The Morgan fingerprint density at radius 2 is 2.00 bits per heavy atom. The number of hydrogen-bond donors (Lipinski definition) is 2. The van der Waals surface area contributed by atoms with Crippen molar-refractivity contribution in [2.24, 2.45) is 17.6 Å². The third-order valence-corrected chi connectivity index (χ3v) is 2.81. The smallest absolute Gasteiger partial charge is 0.0197 e. The second kappa shape index (κ2) is 2.51. The Labute approximate surface area is 62.2 Å². The predicted octanol–water partition coefficient (Wildman–Crippen LogP) is 0.333. The highest BCUT2D eigenvalue weighted by Gasteiger charge is 2.35. The van der Waals surface area contributed by atoms with Gasteiger partial charge in [-0.25, -0.2) is 0 Å². The second-order valence-corrected chi connectivity index (χ2v) is 3.66. The minimum absolute atomic E-state index is 0.446. The third-order valence-electron chi connectivity index (χ3n) is 2.81. The van der Waals surface area contributed by atoms with Crippen molar-refractivity contribution in [3.8, 4) is 0 Å². The lowest BCUT2D eigenvalue weighted by Gasteiger charge is -2.29. The molecule has 1 saturated carbocycles. The van der Waals surface area contributed by atoms with Gasteiger partial charge in [-0.15, -0.1) is 0 Å². The van der Waals surface area contributed by atoms with Crippen molar-refractivity contribution in [3.63, 3.8) is 0 Å². The molecule has 1 aliphatic heterocycles. The maximum Gasteiger partial charge on any atom is 0.0197 e. The number of nitrogens with two attached hydrogens (primary N) is 1. The van der Waals surface area contributed by atoms with Crippen LogP contribution in [0.4, 0.5) is 0 Å². The van der Waals surface area contributed by atoms with Gasteiger partial charge in [0.15, 0.2) is 0 Å². The Hall–Kier alpha value is -0.0800. The number of rotatable bonds is 1. The molecular formula is C8H16N2. The molecule has 0 aromatic heterocycles. The van der Waals surface area contributed by atoms with Gasteiger partial charge in [0.05, 0.1) is 0 Å². The van der Waals surface area contributed by atoms with Crippen LogP contribution in [0.15, 0.2) is 0 Å². The summed E-state index contributed by atoms with van der Waals surface area (Å²) in [5.74, 6) is 1.85. The molecule has 2 rings (SSSR count). The van der Waals surface area contributed by atoms with Crippen LogP contribution >= 0.6 is 0 Å². The van der Waals surface area contributed by atoms with Crippen molar-refractivity contribution in [3.05, 3.63) is 0 Å². The molecule has 0 unspecified atom stereocenters. The number of piperidine rings is 1. The highest BCUT2D eigenvalue weighted by molar-refractivity contribution is 4.91. The van der Waals surface area contributed by atoms with Gasteiger partial charge in [0.2, 0.25) is 0 Å². The molecule has 2 heteroatoms. The highest BCUT2D eigenvalue weighted by atomic mass is 14.9. The van der Waals surface area contributed by atoms with E-state index < -0.39 is 0 Å². The second-order valence-electron chi connectivity index (χ2n) is 3.66. The summed E-state index contributed by atoms with van der Waals surface area (Å²) in [5, 5.41) is 3.32. The van der Waals surface area contributed by atoms with Gasteiger partial charge >= 0.3 is 0 Å². The Morgan fingerprint density at radius 1 is 1.20 bits per heavy atom. The molecule has 0 aromatic rings. The van der Waals surface area contributed by atoms with Crippen molar-refractivity contribution in [1.29, 1.82) is 0 Å². The van der Waals surface area contributed by atoms with Gasteiger partial charge in [-0.1, -0.05) is 0 Å². The Balaban J connectivity index is 1.90. The molecule has 1 aliphatic carbocycles. The maximum absolute atomic E-state index is 5.96. The Morgan fingerprint density at radius 3 is 2.60 bits per heavy atom. The molecule has 2 atom stereocenters. The summed E-state index contributed by atoms with van der Waals surface area (Å²) in [5.41, 5.74) is 5.96. The van der Waals surface area contributed by atoms with Crippen molar-refractivity contribution in [2.45, 2.75) is 25.3 Å². The number of hydrogen-bond acceptors (Lipinski definition) is 2. The largest absolute Gasteiger partial charge is 0.326 e. The lowest BCUT2D eigenvalue weighted by Crippen LogP contribution is -2.46. The quantitative estimate of drug-likeness (QED) is 0.551. The summed E-state index contributed by atoms with van der Waals surface area (Å²) < 4.78 is 0. The Bertz CT molecular complexity index is 120. The van der Waals surface area contributed by atoms with Gasteiger partial charge in [0.1, 0.15) is 0 Å². The molecule has 0 bridgehead atoms. The first-order chi connectivity index (χ1) is 4.88. The standard InChI is InChI=1S/C8H16N2/c9-8-5-10-4-3-7(8)6-1-2-6/h6-8,10H,1-5,9H2/t7-,8+/m0/s1. The Kier molecular flexibility index (Phi) is 1.66. The normalized spacial score (nSPS) is 41.7. The van der Waals surface area contributed by atoms with Crippen LogP contribution in [0.1, 0.15) is 19.3 Å². The van der Waals surface area contributed by atoms with Crippen LogP contribution in [-0.2, 0) is 0 Å². The zero-order valence-electron chi connectivity index (χ0n) is 6.34. The molecule has 0 radical (unpaired) electrons. The van der Waals surface area contributed by atoms with E-state index >= 15 is 0 Å². The first kappa shape index (κ1) is 6.62. The lowest BCUT2D eigenvalue weighted by molar-refractivity contribution is 0.292. The topological polar surface area (TPSA) is 38.0 Å². The molecular weight excluding hydrogens is 124 g/mol. The predicted molar refractivity (Wildman–Crippen MR) is 41.7 cm³/mol. The van der Waals surface area contributed by atoms with Gasteiger partial charge in [-0.2, -0.15) is 0 Å². The van der Waals surface area contributed by atoms with E-state index in [9.17, 15) is 0 Å². The van der Waals surface area contributed by atoms with E-state index in [4.69, 9.17) is 5.73 Å². The van der Waals surface area contributed by atoms with Crippen molar-refractivity contribution >= 4 is 0 Å². The van der Waals surface area contributed by atoms with Gasteiger partial charge in [0, 0.05) is 12.6 Å². The summed E-state index contributed by atoms with van der Waals surface area (Å²) >= 11 is 0. The van der Waals surface area contributed by atoms with E-state index in [1.165, 1.54) is 25.8 Å². The molecule has 1 saturated heterocycles. The fraction of sp³-hybridized carbons (Fsp3) is 1.00. The molecule has 2 aliphatic rings. The van der Waals surface area contributed by atoms with Gasteiger partial charge in [0.25, 0.3) is 0 Å². The van der Waals surface area contributed by atoms with Crippen molar-refractivity contribution in [2.75, 3.05) is 13.1 Å². The third kappa shape index (κ3) is 1.18. The minimum Gasteiger partial charge on any atom is -0.326 e. The van der Waals surface area contributed by atoms with Crippen LogP contribution in [0, 0.1) is 11.8 Å². The molecule has 1 heterocycles. The molecule has 10 heavy (non-hydrogen) atoms. The lowest BCUT2D eigenvalue weighted by atomic mass is 9.89. The van der Waals surface area contributed by atoms with Crippen LogP contribution in [0.25, 0.3) is 0 Å². The summed E-state index contributed by atoms with van der Waals surface area (Å²) in [6, 6.07) is 0.446. The van der Waals surface area contributed by atoms with Crippen LogP contribution in [0.2, 0.25) is 0 Å². The van der Waals surface area contributed by atoms with Crippen LogP contribution in [0.5, 0.6) is 0 Å². The van der Waals surface area contributed by atoms with E-state index in [1.54, 1.807) is 0 Å². The highest BCUT2D eigenvalue weighted by Crippen LogP contribution is 2.40. The zero-order valence-corrected chi connectivity index (χ0v) is 6.34. The van der Waals surface area contributed by atoms with E-state index in [0.717, 1.165) is 18.4 Å². The molecule has 2 fully saturated rings. The minimum atomic E-state index is 0.446.